The van der Waals surface area contributed by atoms with Crippen molar-refractivity contribution in [2.45, 2.75) is 13.5 Å². The number of aromatic nitrogens is 2. The molecule has 0 radical (unpaired) electrons. The predicted molar refractivity (Wildman–Crippen MR) is 37.0 cm³/mol. The molecule has 1 aromatic heterocycles. The summed E-state index contributed by atoms with van der Waals surface area (Å²) in [6.45, 7) is 2.13. The first-order valence-electron chi connectivity index (χ1n) is 2.91. The summed E-state index contributed by atoms with van der Waals surface area (Å²) in [5.41, 5.74) is 6.28. The summed E-state index contributed by atoms with van der Waals surface area (Å²) < 4.78 is 1.56. The standard InChI is InChI=1S/C6H8N4/c1-5-4-6(8)9-10(5)3-2-7/h4H,3H2,1H3,(H2,8,9). The quantitative estimate of drug-likeness (QED) is 0.603. The zero-order valence-corrected chi connectivity index (χ0v) is 5.70. The zero-order valence-electron chi connectivity index (χ0n) is 5.70. The average molecular weight is 136 g/mol. The van der Waals surface area contributed by atoms with Gasteiger partial charge < -0.3 is 5.73 Å². The zero-order chi connectivity index (χ0) is 7.56. The van der Waals surface area contributed by atoms with E-state index in [0.717, 1.165) is 5.69 Å². The molecule has 0 aromatic carbocycles. The molecule has 0 saturated carbocycles. The Bertz CT molecular complexity index is 268. The van der Waals surface area contributed by atoms with Crippen molar-refractivity contribution >= 4 is 5.82 Å². The van der Waals surface area contributed by atoms with Crippen LogP contribution in [0.5, 0.6) is 0 Å². The van der Waals surface area contributed by atoms with Gasteiger partial charge in [0.05, 0.1) is 6.07 Å². The molecular weight excluding hydrogens is 128 g/mol. The molecule has 1 heterocycles. The number of hydrogen-bond acceptors (Lipinski definition) is 3. The third-order valence-electron chi connectivity index (χ3n) is 1.22. The molecule has 0 unspecified atom stereocenters. The van der Waals surface area contributed by atoms with Gasteiger partial charge in [-0.2, -0.15) is 10.4 Å². The molecule has 1 rings (SSSR count). The maximum absolute atomic E-state index is 8.30. The molecule has 0 amide bonds. The molecule has 52 valence electrons. The van der Waals surface area contributed by atoms with Crippen LogP contribution in [0.1, 0.15) is 5.69 Å². The van der Waals surface area contributed by atoms with Crippen molar-refractivity contribution in [2.75, 3.05) is 5.73 Å². The first-order valence-corrected chi connectivity index (χ1v) is 2.91. The third kappa shape index (κ3) is 1.08. The van der Waals surface area contributed by atoms with E-state index >= 15 is 0 Å². The Morgan fingerprint density at radius 2 is 2.60 bits per heavy atom. The number of hydrogen-bond donors (Lipinski definition) is 1. The molecule has 0 bridgehead atoms. The van der Waals surface area contributed by atoms with Gasteiger partial charge in [0.25, 0.3) is 0 Å². The van der Waals surface area contributed by atoms with E-state index in [1.165, 1.54) is 0 Å². The van der Waals surface area contributed by atoms with Crippen LogP contribution in [0.15, 0.2) is 6.07 Å². The van der Waals surface area contributed by atoms with Crippen molar-refractivity contribution < 1.29 is 0 Å². The van der Waals surface area contributed by atoms with Crippen molar-refractivity contribution in [1.82, 2.24) is 9.78 Å². The summed E-state index contributed by atoms with van der Waals surface area (Å²) in [5.74, 6) is 0.466. The lowest BCUT2D eigenvalue weighted by Crippen LogP contribution is -2.00. The van der Waals surface area contributed by atoms with Gasteiger partial charge in [0, 0.05) is 11.8 Å². The highest BCUT2D eigenvalue weighted by Gasteiger charge is 1.97. The molecule has 0 aliphatic heterocycles. The van der Waals surface area contributed by atoms with E-state index < -0.39 is 0 Å². The summed E-state index contributed by atoms with van der Waals surface area (Å²) in [6, 6.07) is 3.72. The Morgan fingerprint density at radius 3 is 3.00 bits per heavy atom. The van der Waals surface area contributed by atoms with Crippen LogP contribution in [0.25, 0.3) is 0 Å². The summed E-state index contributed by atoms with van der Waals surface area (Å²) in [7, 11) is 0. The molecule has 1 aromatic rings. The highest BCUT2D eigenvalue weighted by Crippen LogP contribution is 2.02. The molecule has 0 fully saturated rings. The van der Waals surface area contributed by atoms with Crippen LogP contribution in [0.3, 0.4) is 0 Å². The number of aryl methyl sites for hydroxylation is 1. The van der Waals surface area contributed by atoms with Gasteiger partial charge in [-0.3, -0.25) is 4.68 Å². The van der Waals surface area contributed by atoms with Crippen LogP contribution in [0, 0.1) is 18.3 Å². The van der Waals surface area contributed by atoms with Gasteiger partial charge in [-0.25, -0.2) is 0 Å². The monoisotopic (exact) mass is 136 g/mol. The summed E-state index contributed by atoms with van der Waals surface area (Å²) in [6.07, 6.45) is 0. The Morgan fingerprint density at radius 1 is 1.90 bits per heavy atom. The Kier molecular flexibility index (Phi) is 1.59. The largest absolute Gasteiger partial charge is 0.382 e. The van der Waals surface area contributed by atoms with E-state index in [0.29, 0.717) is 5.82 Å². The van der Waals surface area contributed by atoms with Gasteiger partial charge in [0.1, 0.15) is 12.4 Å². The van der Waals surface area contributed by atoms with E-state index in [2.05, 4.69) is 5.10 Å². The van der Waals surface area contributed by atoms with E-state index in [1.54, 1.807) is 10.7 Å². The molecule has 4 heteroatoms. The van der Waals surface area contributed by atoms with E-state index in [1.807, 2.05) is 13.0 Å². The lowest BCUT2D eigenvalue weighted by Gasteiger charge is -1.93. The fourth-order valence-corrected chi connectivity index (χ4v) is 0.763. The van der Waals surface area contributed by atoms with Crippen LogP contribution in [-0.4, -0.2) is 9.78 Å². The summed E-state index contributed by atoms with van der Waals surface area (Å²) in [4.78, 5) is 0. The minimum Gasteiger partial charge on any atom is -0.382 e. The van der Waals surface area contributed by atoms with Crippen molar-refractivity contribution in [2.24, 2.45) is 0 Å². The average Bonchev–Trinajstić information content (AvgIpc) is 2.13. The number of nitrogen functional groups attached to an aromatic ring is 1. The SMILES string of the molecule is Cc1cc(N)nn1CC#N. The number of nitrogens with two attached hydrogens (primary N) is 1. The van der Waals surface area contributed by atoms with Crippen molar-refractivity contribution in [1.29, 1.82) is 5.26 Å². The highest BCUT2D eigenvalue weighted by atomic mass is 15.3. The maximum Gasteiger partial charge on any atom is 0.145 e. The second-order valence-corrected chi connectivity index (χ2v) is 2.03. The molecule has 10 heavy (non-hydrogen) atoms. The minimum atomic E-state index is 0.267. The normalized spacial score (nSPS) is 9.20. The van der Waals surface area contributed by atoms with Crippen LogP contribution < -0.4 is 5.73 Å². The summed E-state index contributed by atoms with van der Waals surface area (Å²) >= 11 is 0. The van der Waals surface area contributed by atoms with E-state index in [9.17, 15) is 0 Å². The Balaban J connectivity index is 2.94. The lowest BCUT2D eigenvalue weighted by atomic mass is 10.4. The molecule has 0 aliphatic rings. The van der Waals surface area contributed by atoms with Gasteiger partial charge in [0.2, 0.25) is 0 Å². The lowest BCUT2D eigenvalue weighted by molar-refractivity contribution is 0.689. The number of rotatable bonds is 1. The van der Waals surface area contributed by atoms with Crippen molar-refractivity contribution in [3.8, 4) is 6.07 Å². The molecule has 4 nitrogen and oxygen atoms in total. The van der Waals surface area contributed by atoms with Crippen LogP contribution in [-0.2, 0) is 6.54 Å². The highest BCUT2D eigenvalue weighted by molar-refractivity contribution is 5.28. The first kappa shape index (κ1) is 6.62. The molecule has 0 saturated heterocycles. The van der Waals surface area contributed by atoms with E-state index in [4.69, 9.17) is 11.0 Å². The van der Waals surface area contributed by atoms with Gasteiger partial charge >= 0.3 is 0 Å². The van der Waals surface area contributed by atoms with E-state index in [-0.39, 0.29) is 6.54 Å². The first-order chi connectivity index (χ1) is 4.74. The van der Waals surface area contributed by atoms with Crippen molar-refractivity contribution in [3.05, 3.63) is 11.8 Å². The number of anilines is 1. The minimum absolute atomic E-state index is 0.267. The smallest absolute Gasteiger partial charge is 0.145 e. The maximum atomic E-state index is 8.30. The molecule has 0 aliphatic carbocycles. The molecular formula is C6H8N4. The fourth-order valence-electron chi connectivity index (χ4n) is 0.763. The second-order valence-electron chi connectivity index (χ2n) is 2.03. The Labute approximate surface area is 58.9 Å². The summed E-state index contributed by atoms with van der Waals surface area (Å²) in [5, 5.41) is 12.2. The fraction of sp³-hybridized carbons (Fsp3) is 0.333. The number of nitriles is 1. The van der Waals surface area contributed by atoms with Crippen molar-refractivity contribution in [3.63, 3.8) is 0 Å². The van der Waals surface area contributed by atoms with Crippen LogP contribution in [0.4, 0.5) is 5.82 Å². The topological polar surface area (TPSA) is 67.6 Å². The second kappa shape index (κ2) is 2.40. The van der Waals surface area contributed by atoms with Crippen LogP contribution >= 0.6 is 0 Å². The predicted octanol–water partition coefficient (Wildman–Crippen LogP) is 0.297. The van der Waals surface area contributed by atoms with Gasteiger partial charge in [-0.05, 0) is 6.92 Å². The third-order valence-corrected chi connectivity index (χ3v) is 1.22. The van der Waals surface area contributed by atoms with Gasteiger partial charge in [-0.1, -0.05) is 0 Å². The molecule has 2 N–H and O–H groups in total. The number of nitrogens with zero attached hydrogens (tertiary/aromatic N) is 3. The van der Waals surface area contributed by atoms with Gasteiger partial charge in [0.15, 0.2) is 0 Å². The van der Waals surface area contributed by atoms with Gasteiger partial charge in [-0.15, -0.1) is 0 Å². The Hall–Kier alpha value is -1.50. The molecule has 0 spiro atoms. The van der Waals surface area contributed by atoms with Crippen LogP contribution in [0.2, 0.25) is 0 Å². The molecule has 0 atom stereocenters.